The van der Waals surface area contributed by atoms with Crippen molar-refractivity contribution in [2.24, 2.45) is 0 Å². The van der Waals surface area contributed by atoms with Crippen LogP contribution in [-0.4, -0.2) is 27.3 Å². The van der Waals surface area contributed by atoms with Gasteiger partial charge in [-0.25, -0.2) is 9.37 Å². The van der Waals surface area contributed by atoms with Crippen molar-refractivity contribution >= 4 is 22.4 Å². The molecule has 0 bridgehead atoms. The van der Waals surface area contributed by atoms with Crippen molar-refractivity contribution in [1.29, 1.82) is 0 Å². The van der Waals surface area contributed by atoms with Crippen LogP contribution in [-0.2, 0) is 6.54 Å². The van der Waals surface area contributed by atoms with Crippen molar-refractivity contribution in [3.05, 3.63) is 76.8 Å². The molecule has 0 unspecified atom stereocenters. The molecule has 1 fully saturated rings. The van der Waals surface area contributed by atoms with Crippen LogP contribution in [0.4, 0.5) is 9.52 Å². The maximum absolute atomic E-state index is 13.0. The van der Waals surface area contributed by atoms with Gasteiger partial charge in [0.2, 0.25) is 0 Å². The number of nitrogens with one attached hydrogen (secondary N) is 1. The van der Waals surface area contributed by atoms with Crippen LogP contribution >= 0.6 is 11.3 Å². The number of rotatable bonds is 5. The summed E-state index contributed by atoms with van der Waals surface area (Å²) in [4.78, 5) is 23.7. The lowest BCUT2D eigenvalue weighted by Gasteiger charge is -2.22. The normalized spacial score (nSPS) is 17.1. The molecule has 1 aromatic carbocycles. The summed E-state index contributed by atoms with van der Waals surface area (Å²) in [5, 5.41) is 5.36. The first-order valence-corrected chi connectivity index (χ1v) is 9.73. The smallest absolute Gasteiger partial charge is 0.257 e. The van der Waals surface area contributed by atoms with E-state index < -0.39 is 0 Å². The summed E-state index contributed by atoms with van der Waals surface area (Å²) < 4.78 is 13.0. The van der Waals surface area contributed by atoms with Gasteiger partial charge in [-0.2, -0.15) is 0 Å². The second-order valence-corrected chi connectivity index (χ2v) is 7.35. The number of nitrogens with zero attached hydrogens (tertiary/aromatic N) is 3. The Kier molecular flexibility index (Phi) is 5.22. The third-order valence-electron chi connectivity index (χ3n) is 4.65. The Morgan fingerprint density at radius 1 is 1.26 bits per heavy atom. The van der Waals surface area contributed by atoms with Crippen molar-refractivity contribution in [2.75, 3.05) is 11.9 Å². The van der Waals surface area contributed by atoms with E-state index in [1.54, 1.807) is 0 Å². The molecule has 0 spiro atoms. The van der Waals surface area contributed by atoms with E-state index in [1.807, 2.05) is 29.8 Å². The Balaban J connectivity index is 1.43. The first-order valence-electron chi connectivity index (χ1n) is 8.85. The van der Waals surface area contributed by atoms with E-state index in [-0.39, 0.29) is 17.8 Å². The van der Waals surface area contributed by atoms with Crippen LogP contribution in [0.5, 0.6) is 0 Å². The van der Waals surface area contributed by atoms with Crippen molar-refractivity contribution in [3.63, 3.8) is 0 Å². The van der Waals surface area contributed by atoms with Gasteiger partial charge in [0.1, 0.15) is 5.82 Å². The quantitative estimate of drug-likeness (QED) is 0.716. The zero-order chi connectivity index (χ0) is 18.6. The molecule has 1 atom stereocenters. The first-order chi connectivity index (χ1) is 13.2. The molecule has 7 heteroatoms. The Bertz CT molecular complexity index is 913. The summed E-state index contributed by atoms with van der Waals surface area (Å²) in [6.45, 7) is 1.80. The molecule has 1 aliphatic heterocycles. The Labute approximate surface area is 160 Å². The van der Waals surface area contributed by atoms with E-state index in [2.05, 4.69) is 20.2 Å². The molecular weight excluding hydrogens is 363 g/mol. The van der Waals surface area contributed by atoms with Gasteiger partial charge < -0.3 is 0 Å². The highest BCUT2D eigenvalue weighted by atomic mass is 32.1. The van der Waals surface area contributed by atoms with Gasteiger partial charge in [0.25, 0.3) is 5.91 Å². The number of carbonyl (C=O) groups is 1. The van der Waals surface area contributed by atoms with Gasteiger partial charge in [-0.1, -0.05) is 6.07 Å². The fourth-order valence-electron chi connectivity index (χ4n) is 3.32. The lowest BCUT2D eigenvalue weighted by molar-refractivity contribution is 0.102. The van der Waals surface area contributed by atoms with E-state index in [9.17, 15) is 9.18 Å². The van der Waals surface area contributed by atoms with Crippen LogP contribution in [0.3, 0.4) is 0 Å². The fourth-order valence-corrected chi connectivity index (χ4v) is 4.07. The second-order valence-electron chi connectivity index (χ2n) is 6.49. The molecule has 0 aliphatic carbocycles. The highest BCUT2D eigenvalue weighted by Crippen LogP contribution is 2.34. The second kappa shape index (κ2) is 7.94. The number of anilines is 1. The average Bonchev–Trinajstić information content (AvgIpc) is 3.32. The van der Waals surface area contributed by atoms with Crippen molar-refractivity contribution in [3.8, 4) is 0 Å². The number of carbonyl (C=O) groups excluding carboxylic acids is 1. The minimum absolute atomic E-state index is 0.236. The number of hydrogen-bond donors (Lipinski definition) is 1. The molecule has 3 heterocycles. The van der Waals surface area contributed by atoms with Crippen LogP contribution in [0.1, 0.15) is 40.6 Å². The Morgan fingerprint density at radius 2 is 2.11 bits per heavy atom. The van der Waals surface area contributed by atoms with E-state index in [4.69, 9.17) is 0 Å². The third-order valence-corrected chi connectivity index (χ3v) is 5.42. The van der Waals surface area contributed by atoms with E-state index in [0.717, 1.165) is 37.3 Å². The molecule has 1 amide bonds. The zero-order valence-corrected chi connectivity index (χ0v) is 15.5. The molecular formula is C20H19FN4OS. The van der Waals surface area contributed by atoms with Crippen LogP contribution in [0, 0.1) is 5.82 Å². The SMILES string of the molecule is O=C(Nc1nc([C@@H]2CCCN2Cc2ccccn2)cs1)c1ccc(F)cc1. The lowest BCUT2D eigenvalue weighted by Crippen LogP contribution is -2.23. The summed E-state index contributed by atoms with van der Waals surface area (Å²) in [6.07, 6.45) is 3.97. The highest BCUT2D eigenvalue weighted by molar-refractivity contribution is 7.14. The maximum atomic E-state index is 13.0. The molecule has 4 rings (SSSR count). The number of halogens is 1. The molecule has 3 aromatic rings. The molecule has 5 nitrogen and oxygen atoms in total. The lowest BCUT2D eigenvalue weighted by atomic mass is 10.1. The van der Waals surface area contributed by atoms with Crippen LogP contribution in [0.25, 0.3) is 0 Å². The molecule has 0 saturated carbocycles. The van der Waals surface area contributed by atoms with Gasteiger partial charge in [0.15, 0.2) is 5.13 Å². The van der Waals surface area contributed by atoms with Crippen LogP contribution in [0.15, 0.2) is 54.0 Å². The number of thiazole rings is 1. The van der Waals surface area contributed by atoms with Gasteiger partial charge in [0.05, 0.1) is 17.4 Å². The monoisotopic (exact) mass is 382 g/mol. The maximum Gasteiger partial charge on any atom is 0.257 e. The van der Waals surface area contributed by atoms with Gasteiger partial charge >= 0.3 is 0 Å². The minimum atomic E-state index is -0.364. The number of amides is 1. The Morgan fingerprint density at radius 3 is 2.89 bits per heavy atom. The number of aromatic nitrogens is 2. The summed E-state index contributed by atoms with van der Waals surface area (Å²) >= 11 is 1.41. The van der Waals surface area contributed by atoms with Gasteiger partial charge in [-0.15, -0.1) is 11.3 Å². The van der Waals surface area contributed by atoms with Gasteiger partial charge in [-0.05, 0) is 55.8 Å². The van der Waals surface area contributed by atoms with Crippen LogP contribution in [0.2, 0.25) is 0 Å². The summed E-state index contributed by atoms with van der Waals surface area (Å²) in [5.74, 6) is -0.648. The largest absolute Gasteiger partial charge is 0.298 e. The standard InChI is InChI=1S/C20H19FN4OS/c21-15-8-6-14(7-9-15)19(26)24-20-23-17(13-27-20)18-5-3-11-25(18)12-16-4-1-2-10-22-16/h1-2,4,6-10,13,18H,3,5,11-12H2,(H,23,24,26)/t18-/m0/s1. The summed E-state index contributed by atoms with van der Waals surface area (Å²) in [6, 6.07) is 11.7. The number of hydrogen-bond acceptors (Lipinski definition) is 5. The van der Waals surface area contributed by atoms with Gasteiger partial charge in [0, 0.05) is 23.7 Å². The number of benzene rings is 1. The average molecular weight is 382 g/mol. The van der Waals surface area contributed by atoms with Crippen molar-refractivity contribution in [1.82, 2.24) is 14.9 Å². The molecule has 138 valence electrons. The van der Waals surface area contributed by atoms with Crippen molar-refractivity contribution < 1.29 is 9.18 Å². The highest BCUT2D eigenvalue weighted by Gasteiger charge is 2.28. The minimum Gasteiger partial charge on any atom is -0.298 e. The molecule has 1 aliphatic rings. The van der Waals surface area contributed by atoms with E-state index in [0.29, 0.717) is 10.7 Å². The molecule has 1 N–H and O–H groups in total. The topological polar surface area (TPSA) is 58.1 Å². The summed E-state index contributed by atoms with van der Waals surface area (Å²) in [5.41, 5.74) is 2.43. The Hall–Kier alpha value is -2.64. The number of pyridine rings is 1. The van der Waals surface area contributed by atoms with Crippen molar-refractivity contribution in [2.45, 2.75) is 25.4 Å². The van der Waals surface area contributed by atoms with E-state index in [1.165, 1.54) is 35.6 Å². The van der Waals surface area contributed by atoms with E-state index >= 15 is 0 Å². The van der Waals surface area contributed by atoms with Crippen LogP contribution < -0.4 is 5.32 Å². The fraction of sp³-hybridized carbons (Fsp3) is 0.250. The molecule has 27 heavy (non-hydrogen) atoms. The third kappa shape index (κ3) is 4.20. The predicted octanol–water partition coefficient (Wildman–Crippen LogP) is 4.27. The summed E-state index contributed by atoms with van der Waals surface area (Å²) in [7, 11) is 0. The first kappa shape index (κ1) is 17.8. The molecule has 2 aromatic heterocycles. The molecule has 1 saturated heterocycles. The zero-order valence-electron chi connectivity index (χ0n) is 14.6. The predicted molar refractivity (Wildman–Crippen MR) is 103 cm³/mol. The van der Waals surface area contributed by atoms with Gasteiger partial charge in [-0.3, -0.25) is 20.0 Å². The molecule has 0 radical (unpaired) electrons. The number of likely N-dealkylation sites (tertiary alicyclic amines) is 1.